The van der Waals surface area contributed by atoms with Crippen LogP contribution >= 0.6 is 11.8 Å². The predicted octanol–water partition coefficient (Wildman–Crippen LogP) is 3.35. The van der Waals surface area contributed by atoms with Gasteiger partial charge in [-0.1, -0.05) is 36.8 Å². The monoisotopic (exact) mass is 223 g/mol. The van der Waals surface area contributed by atoms with E-state index < -0.39 is 0 Å². The third-order valence-corrected chi connectivity index (χ3v) is 3.58. The normalized spacial score (nSPS) is 14.9. The fraction of sp³-hybridized carbons (Fsp3) is 0.538. The molecule has 0 heterocycles. The molecule has 1 nitrogen and oxygen atoms in total. The van der Waals surface area contributed by atoms with E-state index in [0.717, 1.165) is 12.2 Å². The summed E-state index contributed by atoms with van der Waals surface area (Å²) < 4.78 is 0. The van der Waals surface area contributed by atoms with Crippen LogP contribution in [0.1, 0.15) is 31.4 Å². The highest BCUT2D eigenvalue weighted by Gasteiger charge is 2.05. The average molecular weight is 223 g/mol. The van der Waals surface area contributed by atoms with E-state index in [1.807, 2.05) is 11.8 Å². The molecule has 2 atom stereocenters. The van der Waals surface area contributed by atoms with Crippen molar-refractivity contribution in [2.75, 3.05) is 0 Å². The van der Waals surface area contributed by atoms with Crippen molar-refractivity contribution >= 4 is 11.8 Å². The smallest absolute Gasteiger partial charge is 0.0187 e. The van der Waals surface area contributed by atoms with Gasteiger partial charge in [0.05, 0.1) is 0 Å². The first-order valence-corrected chi connectivity index (χ1v) is 6.55. The van der Waals surface area contributed by atoms with Gasteiger partial charge in [-0.3, -0.25) is 0 Å². The van der Waals surface area contributed by atoms with Gasteiger partial charge in [0.1, 0.15) is 0 Å². The van der Waals surface area contributed by atoms with Gasteiger partial charge in [-0.15, -0.1) is 0 Å². The molecule has 0 aliphatic heterocycles. The minimum absolute atomic E-state index is 0.310. The Hall–Kier alpha value is -0.470. The van der Waals surface area contributed by atoms with E-state index in [9.17, 15) is 0 Å². The van der Waals surface area contributed by atoms with Gasteiger partial charge < -0.3 is 5.73 Å². The molecule has 1 aromatic carbocycles. The molecule has 0 saturated heterocycles. The molecule has 2 unspecified atom stereocenters. The van der Waals surface area contributed by atoms with E-state index in [1.54, 1.807) is 0 Å². The molecule has 2 heteroatoms. The molecule has 84 valence electrons. The van der Waals surface area contributed by atoms with Crippen LogP contribution in [0.15, 0.2) is 24.3 Å². The molecule has 0 saturated carbocycles. The summed E-state index contributed by atoms with van der Waals surface area (Å²) in [5.74, 6) is 1.09. The van der Waals surface area contributed by atoms with Crippen molar-refractivity contribution in [3.05, 3.63) is 35.4 Å². The molecule has 0 aliphatic carbocycles. The lowest BCUT2D eigenvalue weighted by Gasteiger charge is -2.13. The molecular formula is C13H21NS. The third kappa shape index (κ3) is 5.24. The zero-order valence-corrected chi connectivity index (χ0v) is 10.7. The number of nitrogens with two attached hydrogens (primary N) is 1. The molecule has 15 heavy (non-hydrogen) atoms. The summed E-state index contributed by atoms with van der Waals surface area (Å²) in [6.07, 6.45) is 1.09. The van der Waals surface area contributed by atoms with Crippen molar-refractivity contribution in [3.63, 3.8) is 0 Å². The predicted molar refractivity (Wildman–Crippen MR) is 70.2 cm³/mol. The molecule has 0 bridgehead atoms. The molecule has 0 aliphatic rings. The van der Waals surface area contributed by atoms with Crippen LogP contribution in [-0.4, -0.2) is 11.3 Å². The van der Waals surface area contributed by atoms with Gasteiger partial charge in [0.15, 0.2) is 0 Å². The maximum atomic E-state index is 5.77. The van der Waals surface area contributed by atoms with Crippen LogP contribution in [-0.2, 0) is 5.75 Å². The van der Waals surface area contributed by atoms with Crippen LogP contribution < -0.4 is 5.73 Å². The Morgan fingerprint density at radius 1 is 1.33 bits per heavy atom. The summed E-state index contributed by atoms with van der Waals surface area (Å²) in [5, 5.41) is 0.644. The maximum absolute atomic E-state index is 5.77. The maximum Gasteiger partial charge on any atom is 0.0187 e. The summed E-state index contributed by atoms with van der Waals surface area (Å²) in [4.78, 5) is 0. The molecule has 0 fully saturated rings. The van der Waals surface area contributed by atoms with E-state index in [-0.39, 0.29) is 0 Å². The summed E-state index contributed by atoms with van der Waals surface area (Å²) >= 11 is 1.99. The van der Waals surface area contributed by atoms with Gasteiger partial charge >= 0.3 is 0 Å². The fourth-order valence-corrected chi connectivity index (χ4v) is 2.73. The molecule has 1 rings (SSSR count). The van der Waals surface area contributed by atoms with Crippen molar-refractivity contribution in [1.29, 1.82) is 0 Å². The van der Waals surface area contributed by atoms with E-state index in [1.165, 1.54) is 11.1 Å². The largest absolute Gasteiger partial charge is 0.328 e. The molecule has 2 N–H and O–H groups in total. The Kier molecular flexibility index (Phi) is 5.20. The first-order chi connectivity index (χ1) is 7.08. The van der Waals surface area contributed by atoms with Crippen molar-refractivity contribution in [3.8, 4) is 0 Å². The lowest BCUT2D eigenvalue weighted by atomic mass is 10.2. The highest BCUT2D eigenvalue weighted by molar-refractivity contribution is 7.99. The number of aryl methyl sites for hydroxylation is 1. The Morgan fingerprint density at radius 3 is 2.67 bits per heavy atom. The topological polar surface area (TPSA) is 26.0 Å². The lowest BCUT2D eigenvalue weighted by molar-refractivity contribution is 0.663. The fourth-order valence-electron chi connectivity index (χ4n) is 1.63. The van der Waals surface area contributed by atoms with Crippen LogP contribution in [0.3, 0.4) is 0 Å². The van der Waals surface area contributed by atoms with E-state index >= 15 is 0 Å². The summed E-state index contributed by atoms with van der Waals surface area (Å²) in [6.45, 7) is 6.47. The number of benzene rings is 1. The Morgan fingerprint density at radius 2 is 2.07 bits per heavy atom. The third-order valence-electron chi connectivity index (χ3n) is 2.32. The van der Waals surface area contributed by atoms with Gasteiger partial charge in [0.25, 0.3) is 0 Å². The minimum Gasteiger partial charge on any atom is -0.328 e. The van der Waals surface area contributed by atoms with Crippen molar-refractivity contribution in [1.82, 2.24) is 0 Å². The molecule has 0 aromatic heterocycles. The van der Waals surface area contributed by atoms with Crippen molar-refractivity contribution < 1.29 is 0 Å². The van der Waals surface area contributed by atoms with Crippen LogP contribution in [0.4, 0.5) is 0 Å². The molecular weight excluding hydrogens is 202 g/mol. The van der Waals surface area contributed by atoms with Gasteiger partial charge in [-0.25, -0.2) is 0 Å². The van der Waals surface area contributed by atoms with Gasteiger partial charge in [-0.05, 0) is 25.8 Å². The quantitative estimate of drug-likeness (QED) is 0.828. The van der Waals surface area contributed by atoms with Gasteiger partial charge in [0.2, 0.25) is 0 Å². The highest BCUT2D eigenvalue weighted by atomic mass is 32.2. The number of hydrogen-bond donors (Lipinski definition) is 1. The first kappa shape index (κ1) is 12.6. The van der Waals surface area contributed by atoms with Gasteiger partial charge in [-0.2, -0.15) is 11.8 Å². The minimum atomic E-state index is 0.310. The number of hydrogen-bond acceptors (Lipinski definition) is 2. The molecule has 0 spiro atoms. The zero-order chi connectivity index (χ0) is 11.3. The SMILES string of the molecule is Cc1cccc(CSC(C)CC(C)N)c1. The summed E-state index contributed by atoms with van der Waals surface area (Å²) in [7, 11) is 0. The van der Waals surface area contributed by atoms with Crippen LogP contribution in [0, 0.1) is 6.92 Å². The van der Waals surface area contributed by atoms with E-state index in [0.29, 0.717) is 11.3 Å². The molecule has 0 amide bonds. The first-order valence-electron chi connectivity index (χ1n) is 5.50. The van der Waals surface area contributed by atoms with Gasteiger partial charge in [0, 0.05) is 17.0 Å². The van der Waals surface area contributed by atoms with E-state index in [2.05, 4.69) is 45.0 Å². The van der Waals surface area contributed by atoms with E-state index in [4.69, 9.17) is 5.73 Å². The van der Waals surface area contributed by atoms with Crippen LogP contribution in [0.2, 0.25) is 0 Å². The zero-order valence-electron chi connectivity index (χ0n) is 9.86. The second-order valence-electron chi connectivity index (χ2n) is 4.32. The summed E-state index contributed by atoms with van der Waals surface area (Å²) in [5.41, 5.74) is 8.53. The van der Waals surface area contributed by atoms with Crippen molar-refractivity contribution in [2.24, 2.45) is 5.73 Å². The second-order valence-corrected chi connectivity index (χ2v) is 5.75. The Labute approximate surface area is 97.4 Å². The highest BCUT2D eigenvalue weighted by Crippen LogP contribution is 2.21. The molecule has 0 radical (unpaired) electrons. The number of thioether (sulfide) groups is 1. The van der Waals surface area contributed by atoms with Crippen molar-refractivity contribution in [2.45, 2.75) is 44.2 Å². The Balaban J connectivity index is 2.36. The molecule has 1 aromatic rings. The number of rotatable bonds is 5. The average Bonchev–Trinajstić information content (AvgIpc) is 2.14. The Bertz CT molecular complexity index is 296. The standard InChI is InChI=1S/C13H21NS/c1-10-5-4-6-13(7-10)9-15-12(3)8-11(2)14/h4-7,11-12H,8-9,14H2,1-3H3. The van der Waals surface area contributed by atoms with Crippen LogP contribution in [0.5, 0.6) is 0 Å². The second kappa shape index (κ2) is 6.19. The lowest BCUT2D eigenvalue weighted by Crippen LogP contribution is -2.19. The summed E-state index contributed by atoms with van der Waals surface area (Å²) in [6, 6.07) is 9.02. The van der Waals surface area contributed by atoms with Crippen LogP contribution in [0.25, 0.3) is 0 Å².